The van der Waals surface area contributed by atoms with Crippen LogP contribution in [-0.4, -0.2) is 43.8 Å². The summed E-state index contributed by atoms with van der Waals surface area (Å²) in [5.74, 6) is -0.593. The molecule has 20 heavy (non-hydrogen) atoms. The molecule has 1 heterocycles. The molecule has 0 spiro atoms. The lowest BCUT2D eigenvalue weighted by molar-refractivity contribution is -0.145. The predicted octanol–water partition coefficient (Wildman–Crippen LogP) is 2.24. The Hall–Kier alpha value is -1.17. The minimum atomic E-state index is -0.302. The summed E-state index contributed by atoms with van der Waals surface area (Å²) in [5.41, 5.74) is 0.741. The molecule has 6 heteroatoms. The van der Waals surface area contributed by atoms with Crippen LogP contribution in [0.4, 0.5) is 4.39 Å². The van der Waals surface area contributed by atoms with Gasteiger partial charge in [0, 0.05) is 24.7 Å². The minimum absolute atomic E-state index is 0.191. The third-order valence-electron chi connectivity index (χ3n) is 3.25. The van der Waals surface area contributed by atoms with Crippen LogP contribution < -0.4 is 0 Å². The highest BCUT2D eigenvalue weighted by molar-refractivity contribution is 6.31. The number of morpholine rings is 1. The van der Waals surface area contributed by atoms with Gasteiger partial charge in [-0.15, -0.1) is 0 Å². The van der Waals surface area contributed by atoms with Crippen LogP contribution in [0.3, 0.4) is 0 Å². The Balaban J connectivity index is 1.95. The summed E-state index contributed by atoms with van der Waals surface area (Å²) in [5, 5.41) is 0.544. The number of nitrogens with zero attached hydrogens (tertiary/aromatic N) is 1. The van der Waals surface area contributed by atoms with E-state index in [1.165, 1.54) is 19.2 Å². The van der Waals surface area contributed by atoms with Crippen LogP contribution in [0, 0.1) is 5.82 Å². The second-order valence-corrected chi connectivity index (χ2v) is 5.15. The van der Waals surface area contributed by atoms with E-state index in [9.17, 15) is 9.18 Å². The van der Waals surface area contributed by atoms with Crippen LogP contribution in [0.5, 0.6) is 0 Å². The SMILES string of the molecule is COC(=O)CC1CN(Cc2cc(F)ccc2Cl)CCO1. The Morgan fingerprint density at radius 3 is 3.15 bits per heavy atom. The van der Waals surface area contributed by atoms with Crippen molar-refractivity contribution in [1.82, 2.24) is 4.90 Å². The molecule has 1 aromatic rings. The van der Waals surface area contributed by atoms with E-state index in [2.05, 4.69) is 9.64 Å². The average Bonchev–Trinajstić information content (AvgIpc) is 2.43. The van der Waals surface area contributed by atoms with Crippen molar-refractivity contribution in [3.05, 3.63) is 34.6 Å². The summed E-state index contributed by atoms with van der Waals surface area (Å²) in [6.07, 6.45) is 0.0349. The van der Waals surface area contributed by atoms with Crippen molar-refractivity contribution >= 4 is 17.6 Å². The molecule has 0 bridgehead atoms. The highest BCUT2D eigenvalue weighted by Gasteiger charge is 2.23. The van der Waals surface area contributed by atoms with Gasteiger partial charge in [-0.05, 0) is 23.8 Å². The van der Waals surface area contributed by atoms with Crippen LogP contribution in [0.25, 0.3) is 0 Å². The molecule has 1 aromatic carbocycles. The number of ether oxygens (including phenoxy) is 2. The van der Waals surface area contributed by atoms with E-state index in [1.807, 2.05) is 0 Å². The van der Waals surface area contributed by atoms with Gasteiger partial charge in [0.05, 0.1) is 26.2 Å². The Labute approximate surface area is 122 Å². The maximum atomic E-state index is 13.2. The summed E-state index contributed by atoms with van der Waals surface area (Å²) in [7, 11) is 1.36. The monoisotopic (exact) mass is 301 g/mol. The molecule has 1 aliphatic heterocycles. The van der Waals surface area contributed by atoms with E-state index in [0.717, 1.165) is 12.1 Å². The van der Waals surface area contributed by atoms with Gasteiger partial charge in [-0.25, -0.2) is 4.39 Å². The average molecular weight is 302 g/mol. The minimum Gasteiger partial charge on any atom is -0.469 e. The molecule has 1 saturated heterocycles. The number of halogens is 2. The number of hydrogen-bond acceptors (Lipinski definition) is 4. The molecule has 0 radical (unpaired) electrons. The standard InChI is InChI=1S/C14H17ClFNO3/c1-19-14(18)7-12-9-17(4-5-20-12)8-10-6-11(16)2-3-13(10)15/h2-3,6,12H,4-5,7-9H2,1H3. The van der Waals surface area contributed by atoms with Gasteiger partial charge in [0.2, 0.25) is 0 Å². The van der Waals surface area contributed by atoms with E-state index < -0.39 is 0 Å². The molecule has 4 nitrogen and oxygen atoms in total. The van der Waals surface area contributed by atoms with E-state index in [-0.39, 0.29) is 24.3 Å². The fraction of sp³-hybridized carbons (Fsp3) is 0.500. The molecule has 2 rings (SSSR count). The van der Waals surface area contributed by atoms with Gasteiger partial charge >= 0.3 is 5.97 Å². The van der Waals surface area contributed by atoms with E-state index in [1.54, 1.807) is 6.07 Å². The van der Waals surface area contributed by atoms with Crippen molar-refractivity contribution in [2.75, 3.05) is 26.8 Å². The van der Waals surface area contributed by atoms with E-state index >= 15 is 0 Å². The second-order valence-electron chi connectivity index (χ2n) is 4.74. The van der Waals surface area contributed by atoms with Crippen LogP contribution in [0.2, 0.25) is 5.02 Å². The van der Waals surface area contributed by atoms with Gasteiger partial charge in [0.25, 0.3) is 0 Å². The van der Waals surface area contributed by atoms with Crippen LogP contribution in [-0.2, 0) is 20.8 Å². The maximum absolute atomic E-state index is 13.2. The summed E-state index contributed by atoms with van der Waals surface area (Å²) in [6.45, 7) is 2.40. The van der Waals surface area contributed by atoms with E-state index in [0.29, 0.717) is 24.7 Å². The molecule has 1 fully saturated rings. The second kappa shape index (κ2) is 7.02. The Kier molecular flexibility index (Phi) is 5.34. The molecule has 0 saturated carbocycles. The zero-order valence-electron chi connectivity index (χ0n) is 11.3. The molecule has 1 atom stereocenters. The number of carbonyl (C=O) groups is 1. The summed E-state index contributed by atoms with van der Waals surface area (Å²) in [6, 6.07) is 4.33. The van der Waals surface area contributed by atoms with Crippen molar-refractivity contribution in [1.29, 1.82) is 0 Å². The maximum Gasteiger partial charge on any atom is 0.308 e. The van der Waals surface area contributed by atoms with Crippen LogP contribution in [0.1, 0.15) is 12.0 Å². The third-order valence-corrected chi connectivity index (χ3v) is 3.62. The lowest BCUT2D eigenvalue weighted by Gasteiger charge is -2.32. The number of methoxy groups -OCH3 is 1. The van der Waals surface area contributed by atoms with Gasteiger partial charge in [-0.1, -0.05) is 11.6 Å². The summed E-state index contributed by atoms with van der Waals surface area (Å²) in [4.78, 5) is 13.3. The number of esters is 1. The Morgan fingerprint density at radius 2 is 2.40 bits per heavy atom. The van der Waals surface area contributed by atoms with Crippen molar-refractivity contribution < 1.29 is 18.7 Å². The molecular weight excluding hydrogens is 285 g/mol. The van der Waals surface area contributed by atoms with Crippen molar-refractivity contribution in [2.24, 2.45) is 0 Å². The fourth-order valence-electron chi connectivity index (χ4n) is 2.22. The first-order chi connectivity index (χ1) is 9.58. The first kappa shape index (κ1) is 15.2. The zero-order chi connectivity index (χ0) is 14.5. The predicted molar refractivity (Wildman–Crippen MR) is 73.1 cm³/mol. The smallest absolute Gasteiger partial charge is 0.308 e. The molecule has 0 aliphatic carbocycles. The van der Waals surface area contributed by atoms with Crippen LogP contribution in [0.15, 0.2) is 18.2 Å². The topological polar surface area (TPSA) is 38.8 Å². The fourth-order valence-corrected chi connectivity index (χ4v) is 2.40. The van der Waals surface area contributed by atoms with E-state index in [4.69, 9.17) is 16.3 Å². The summed E-state index contributed by atoms with van der Waals surface area (Å²) < 4.78 is 23.4. The normalized spacial score (nSPS) is 19.9. The summed E-state index contributed by atoms with van der Waals surface area (Å²) >= 11 is 6.06. The van der Waals surface area contributed by atoms with Gasteiger partial charge < -0.3 is 9.47 Å². The Bertz CT molecular complexity index is 483. The largest absolute Gasteiger partial charge is 0.469 e. The van der Waals surface area contributed by atoms with Crippen LogP contribution >= 0.6 is 11.6 Å². The lowest BCUT2D eigenvalue weighted by Crippen LogP contribution is -2.42. The molecule has 0 N–H and O–H groups in total. The number of rotatable bonds is 4. The number of hydrogen-bond donors (Lipinski definition) is 0. The molecule has 110 valence electrons. The molecule has 0 aromatic heterocycles. The first-order valence-corrected chi connectivity index (χ1v) is 6.81. The quantitative estimate of drug-likeness (QED) is 0.800. The molecular formula is C14H17ClFNO3. The number of benzene rings is 1. The van der Waals surface area contributed by atoms with Crippen molar-refractivity contribution in [3.8, 4) is 0 Å². The highest BCUT2D eigenvalue weighted by atomic mass is 35.5. The number of carbonyl (C=O) groups excluding carboxylic acids is 1. The van der Waals surface area contributed by atoms with Crippen molar-refractivity contribution in [2.45, 2.75) is 19.1 Å². The van der Waals surface area contributed by atoms with Gasteiger partial charge in [-0.2, -0.15) is 0 Å². The first-order valence-electron chi connectivity index (χ1n) is 6.43. The highest BCUT2D eigenvalue weighted by Crippen LogP contribution is 2.20. The van der Waals surface area contributed by atoms with Gasteiger partial charge in [-0.3, -0.25) is 9.69 Å². The van der Waals surface area contributed by atoms with Gasteiger partial charge in [0.1, 0.15) is 5.82 Å². The lowest BCUT2D eigenvalue weighted by atomic mass is 10.1. The Morgan fingerprint density at radius 1 is 1.60 bits per heavy atom. The van der Waals surface area contributed by atoms with Gasteiger partial charge in [0.15, 0.2) is 0 Å². The van der Waals surface area contributed by atoms with Crippen molar-refractivity contribution in [3.63, 3.8) is 0 Å². The third kappa shape index (κ3) is 4.16. The zero-order valence-corrected chi connectivity index (χ0v) is 12.0. The molecule has 0 amide bonds. The molecule has 1 aliphatic rings. The molecule has 1 unspecified atom stereocenters.